The smallest absolute Gasteiger partial charge is 0.0990 e. The Kier molecular flexibility index (Phi) is 5.08. The first kappa shape index (κ1) is 21.2. The summed E-state index contributed by atoms with van der Waals surface area (Å²) in [7, 11) is 4.42. The quantitative estimate of drug-likeness (QED) is 0.658. The van der Waals surface area contributed by atoms with Crippen molar-refractivity contribution in [2.75, 3.05) is 27.4 Å². The molecule has 0 aromatic rings. The van der Waals surface area contributed by atoms with Crippen molar-refractivity contribution in [1.82, 2.24) is 10.2 Å². The molecule has 0 aromatic heterocycles. The first-order chi connectivity index (χ1) is 14.2. The normalized spacial score (nSPS) is 49.7. The van der Waals surface area contributed by atoms with Crippen LogP contribution in [0, 0.1) is 34.0 Å². The molecule has 1 heterocycles. The van der Waals surface area contributed by atoms with E-state index >= 15 is 0 Å². The largest absolute Gasteiger partial charge is 0.365 e. The molecule has 5 rings (SSSR count). The predicted octanol–water partition coefficient (Wildman–Crippen LogP) is 5.39. The SMILES string of the molecule is CN[C@H](C)[C@H]1CC[C@@]2(C)[C@@H]3CC[C@H]4C(=CC3=CC[C@]12C)CC[C@@H]1N(C)COC[C@@]14C. The average Bonchev–Trinajstić information content (AvgIpc) is 2.87. The van der Waals surface area contributed by atoms with Crippen LogP contribution in [0.15, 0.2) is 23.3 Å². The maximum absolute atomic E-state index is 6.10. The standard InChI is InChI=1S/C27H44N2O/c1-18(28-5)21-12-14-27(4)23-9-8-22-19(15-20(23)11-13-26(21,27)3)7-10-24-25(22,2)16-30-17-29(24)6/h11,15,18,21-24,28H,7-10,12-14,16-17H2,1-6H3/t18-,21-,22+,23-,24+,25-,26-,27+/m1/s1. The van der Waals surface area contributed by atoms with Crippen LogP contribution in [0.2, 0.25) is 0 Å². The molecule has 0 unspecified atom stereocenters. The maximum atomic E-state index is 6.10. The lowest BCUT2D eigenvalue weighted by atomic mass is 9.51. The fourth-order valence-electron chi connectivity index (χ4n) is 9.05. The zero-order valence-corrected chi connectivity index (χ0v) is 20.3. The number of hydrogen-bond donors (Lipinski definition) is 1. The molecule has 168 valence electrons. The molecule has 0 spiro atoms. The van der Waals surface area contributed by atoms with Gasteiger partial charge < -0.3 is 10.1 Å². The lowest BCUT2D eigenvalue weighted by Crippen LogP contribution is -2.58. The summed E-state index contributed by atoms with van der Waals surface area (Å²) in [6, 6.07) is 1.28. The Balaban J connectivity index is 1.48. The van der Waals surface area contributed by atoms with Crippen molar-refractivity contribution in [3.8, 4) is 0 Å². The van der Waals surface area contributed by atoms with Gasteiger partial charge in [-0.25, -0.2) is 0 Å². The molecular weight excluding hydrogens is 368 g/mol. The van der Waals surface area contributed by atoms with Crippen LogP contribution >= 0.6 is 0 Å². The van der Waals surface area contributed by atoms with Gasteiger partial charge in [-0.15, -0.1) is 0 Å². The van der Waals surface area contributed by atoms with Gasteiger partial charge in [0.15, 0.2) is 0 Å². The Labute approximate surface area is 184 Å². The van der Waals surface area contributed by atoms with Crippen molar-refractivity contribution < 1.29 is 4.74 Å². The number of fused-ring (bicyclic) bond motifs is 6. The number of nitrogens with one attached hydrogen (secondary N) is 1. The second-order valence-electron chi connectivity index (χ2n) is 12.2. The van der Waals surface area contributed by atoms with Gasteiger partial charge in [-0.2, -0.15) is 0 Å². The molecule has 3 heteroatoms. The van der Waals surface area contributed by atoms with Crippen molar-refractivity contribution >= 4 is 0 Å². The molecule has 0 aromatic carbocycles. The van der Waals surface area contributed by atoms with E-state index in [0.29, 0.717) is 28.8 Å². The zero-order chi connectivity index (χ0) is 21.3. The van der Waals surface area contributed by atoms with Gasteiger partial charge in [0.05, 0.1) is 13.3 Å². The van der Waals surface area contributed by atoms with E-state index in [4.69, 9.17) is 4.74 Å². The maximum Gasteiger partial charge on any atom is 0.0990 e. The lowest BCUT2D eigenvalue weighted by molar-refractivity contribution is -0.143. The monoisotopic (exact) mass is 412 g/mol. The van der Waals surface area contributed by atoms with Crippen LogP contribution in [-0.4, -0.2) is 44.4 Å². The molecule has 5 aliphatic rings. The Hall–Kier alpha value is -0.640. The van der Waals surface area contributed by atoms with E-state index in [0.717, 1.165) is 25.2 Å². The summed E-state index contributed by atoms with van der Waals surface area (Å²) in [6.45, 7) is 12.0. The highest BCUT2D eigenvalue weighted by Gasteiger charge is 2.61. The Morgan fingerprint density at radius 3 is 2.63 bits per heavy atom. The van der Waals surface area contributed by atoms with Crippen LogP contribution in [0.4, 0.5) is 0 Å². The van der Waals surface area contributed by atoms with Gasteiger partial charge in [-0.05, 0) is 100 Å². The molecule has 3 fully saturated rings. The van der Waals surface area contributed by atoms with Gasteiger partial charge >= 0.3 is 0 Å². The summed E-state index contributed by atoms with van der Waals surface area (Å²) < 4.78 is 6.10. The molecule has 3 nitrogen and oxygen atoms in total. The van der Waals surface area contributed by atoms with Crippen molar-refractivity contribution in [2.45, 2.75) is 84.7 Å². The zero-order valence-electron chi connectivity index (χ0n) is 20.3. The third-order valence-corrected chi connectivity index (χ3v) is 11.1. The fraction of sp³-hybridized carbons (Fsp3) is 0.852. The van der Waals surface area contributed by atoms with E-state index < -0.39 is 0 Å². The molecule has 0 radical (unpaired) electrons. The second-order valence-corrected chi connectivity index (χ2v) is 12.2. The molecule has 0 bridgehead atoms. The van der Waals surface area contributed by atoms with Crippen LogP contribution in [0.25, 0.3) is 0 Å². The van der Waals surface area contributed by atoms with E-state index in [1.165, 1.54) is 44.9 Å². The summed E-state index contributed by atoms with van der Waals surface area (Å²) in [5, 5.41) is 3.60. The highest BCUT2D eigenvalue weighted by molar-refractivity contribution is 5.37. The van der Waals surface area contributed by atoms with Crippen LogP contribution in [0.5, 0.6) is 0 Å². The number of allylic oxidation sites excluding steroid dienone is 4. The number of ether oxygens (including phenoxy) is 1. The van der Waals surface area contributed by atoms with Crippen LogP contribution < -0.4 is 5.32 Å². The van der Waals surface area contributed by atoms with Gasteiger partial charge in [0.1, 0.15) is 0 Å². The van der Waals surface area contributed by atoms with Crippen molar-refractivity contribution in [3.05, 3.63) is 23.3 Å². The molecule has 8 atom stereocenters. The summed E-state index contributed by atoms with van der Waals surface area (Å²) in [5.74, 6) is 2.20. The van der Waals surface area contributed by atoms with Crippen LogP contribution in [-0.2, 0) is 4.74 Å². The molecule has 30 heavy (non-hydrogen) atoms. The van der Waals surface area contributed by atoms with Gasteiger partial charge in [0.2, 0.25) is 0 Å². The molecule has 1 N–H and O–H groups in total. The summed E-state index contributed by atoms with van der Waals surface area (Å²) >= 11 is 0. The molecule has 1 saturated heterocycles. The van der Waals surface area contributed by atoms with E-state index in [-0.39, 0.29) is 5.41 Å². The van der Waals surface area contributed by atoms with Crippen molar-refractivity contribution in [3.63, 3.8) is 0 Å². The summed E-state index contributed by atoms with van der Waals surface area (Å²) in [4.78, 5) is 2.48. The average molecular weight is 413 g/mol. The summed E-state index contributed by atoms with van der Waals surface area (Å²) in [6.07, 6.45) is 14.7. The minimum Gasteiger partial charge on any atom is -0.365 e. The molecule has 4 aliphatic carbocycles. The Morgan fingerprint density at radius 2 is 1.87 bits per heavy atom. The van der Waals surface area contributed by atoms with Crippen molar-refractivity contribution in [2.24, 2.45) is 34.0 Å². The van der Waals surface area contributed by atoms with E-state index in [1.54, 1.807) is 11.1 Å². The van der Waals surface area contributed by atoms with Crippen LogP contribution in [0.3, 0.4) is 0 Å². The fourth-order valence-corrected chi connectivity index (χ4v) is 9.05. The first-order valence-electron chi connectivity index (χ1n) is 12.6. The number of hydrogen-bond acceptors (Lipinski definition) is 3. The molecule has 1 aliphatic heterocycles. The Morgan fingerprint density at radius 1 is 1.10 bits per heavy atom. The first-order valence-corrected chi connectivity index (χ1v) is 12.6. The van der Waals surface area contributed by atoms with Gasteiger partial charge in [-0.3, -0.25) is 4.90 Å². The lowest BCUT2D eigenvalue weighted by Gasteiger charge is -2.55. The predicted molar refractivity (Wildman–Crippen MR) is 124 cm³/mol. The highest BCUT2D eigenvalue weighted by Crippen LogP contribution is 2.68. The van der Waals surface area contributed by atoms with E-state index in [1.807, 2.05) is 0 Å². The van der Waals surface area contributed by atoms with Crippen LogP contribution in [0.1, 0.15) is 72.6 Å². The third-order valence-electron chi connectivity index (χ3n) is 11.1. The van der Waals surface area contributed by atoms with E-state index in [2.05, 4.69) is 64.2 Å². The summed E-state index contributed by atoms with van der Waals surface area (Å²) in [5.41, 5.74) is 4.55. The highest BCUT2D eigenvalue weighted by atomic mass is 16.5. The number of rotatable bonds is 2. The molecule has 0 amide bonds. The van der Waals surface area contributed by atoms with Gasteiger partial charge in [0.25, 0.3) is 0 Å². The van der Waals surface area contributed by atoms with Gasteiger partial charge in [0, 0.05) is 17.5 Å². The topological polar surface area (TPSA) is 24.5 Å². The second kappa shape index (κ2) is 7.18. The minimum atomic E-state index is 0.272. The van der Waals surface area contributed by atoms with E-state index in [9.17, 15) is 0 Å². The minimum absolute atomic E-state index is 0.272. The molecular formula is C27H44N2O. The number of nitrogens with zero attached hydrogens (tertiary/aromatic N) is 1. The third kappa shape index (κ3) is 2.74. The Bertz CT molecular complexity index is 758. The molecule has 2 saturated carbocycles. The van der Waals surface area contributed by atoms with Crippen molar-refractivity contribution in [1.29, 1.82) is 0 Å². The van der Waals surface area contributed by atoms with Gasteiger partial charge in [-0.1, -0.05) is 38.5 Å².